The van der Waals surface area contributed by atoms with Crippen LogP contribution in [0, 0.1) is 0 Å². The second-order valence-corrected chi connectivity index (χ2v) is 8.61. The van der Waals surface area contributed by atoms with Gasteiger partial charge in [0.05, 0.1) is 33.1 Å². The molecule has 146 valence electrons. The summed E-state index contributed by atoms with van der Waals surface area (Å²) in [4.78, 5) is 21.0. The molecule has 2 aromatic heterocycles. The van der Waals surface area contributed by atoms with E-state index in [-0.39, 0.29) is 11.7 Å². The Hall–Kier alpha value is -2.13. The van der Waals surface area contributed by atoms with E-state index in [1.54, 1.807) is 29.1 Å². The lowest BCUT2D eigenvalue weighted by Gasteiger charge is -2.07. The molecule has 0 saturated heterocycles. The molecule has 0 aliphatic carbocycles. The highest BCUT2D eigenvalue weighted by Gasteiger charge is 2.13. The minimum absolute atomic E-state index is 0.176. The maximum absolute atomic E-state index is 12.3. The molecule has 6 nitrogen and oxygen atoms in total. The third kappa shape index (κ3) is 4.56. The van der Waals surface area contributed by atoms with Crippen molar-refractivity contribution in [1.29, 1.82) is 0 Å². The van der Waals surface area contributed by atoms with E-state index in [0.717, 1.165) is 15.5 Å². The van der Waals surface area contributed by atoms with Crippen LogP contribution in [0.5, 0.6) is 0 Å². The molecule has 10 heteroatoms. The number of carbonyl (C=O) groups excluding carboxylic acids is 1. The number of halogens is 3. The summed E-state index contributed by atoms with van der Waals surface area (Å²) in [5, 5.41) is 9.50. The van der Waals surface area contributed by atoms with Gasteiger partial charge in [0.15, 0.2) is 5.65 Å². The summed E-state index contributed by atoms with van der Waals surface area (Å²) >= 11 is 16.6. The maximum atomic E-state index is 12.3. The fourth-order valence-corrected chi connectivity index (χ4v) is 3.94. The van der Waals surface area contributed by atoms with Gasteiger partial charge in [-0.25, -0.2) is 14.6 Å². The van der Waals surface area contributed by atoms with Gasteiger partial charge in [-0.15, -0.1) is 0 Å². The molecular weight excluding hydrogens is 497 g/mol. The normalized spacial score (nSPS) is 11.0. The van der Waals surface area contributed by atoms with Crippen molar-refractivity contribution in [3.05, 3.63) is 69.5 Å². The number of hydrogen-bond donors (Lipinski definition) is 1. The number of thioether (sulfide) groups is 1. The molecule has 4 rings (SSSR count). The molecule has 4 aromatic rings. The lowest BCUT2D eigenvalue weighted by molar-refractivity contribution is -0.113. The quantitative estimate of drug-likeness (QED) is 0.280. The zero-order chi connectivity index (χ0) is 20.4. The molecule has 29 heavy (non-hydrogen) atoms. The van der Waals surface area contributed by atoms with Gasteiger partial charge in [0, 0.05) is 10.2 Å². The molecule has 0 spiro atoms. The van der Waals surface area contributed by atoms with Crippen LogP contribution in [0.25, 0.3) is 16.7 Å². The monoisotopic (exact) mass is 507 g/mol. The minimum atomic E-state index is -0.180. The number of carbonyl (C=O) groups is 1. The van der Waals surface area contributed by atoms with E-state index in [1.165, 1.54) is 18.1 Å². The standard InChI is InChI=1S/C19H12BrCl2N5OS/c20-11-1-4-13(5-2-11)27-18-14(8-25-27)19(24-10-23-18)29-9-17(28)26-12-3-6-15(21)16(22)7-12/h1-8,10H,9H2,(H,26,28). The molecule has 0 bridgehead atoms. The fourth-order valence-electron chi connectivity index (χ4n) is 2.61. The summed E-state index contributed by atoms with van der Waals surface area (Å²) < 4.78 is 2.72. The second kappa shape index (κ2) is 8.71. The summed E-state index contributed by atoms with van der Waals surface area (Å²) in [7, 11) is 0. The fraction of sp³-hybridized carbons (Fsp3) is 0.0526. The van der Waals surface area contributed by atoms with Crippen molar-refractivity contribution < 1.29 is 4.79 Å². The lowest BCUT2D eigenvalue weighted by Crippen LogP contribution is -2.14. The van der Waals surface area contributed by atoms with E-state index in [1.807, 2.05) is 24.3 Å². The first-order valence-corrected chi connectivity index (χ1v) is 10.9. The molecule has 2 heterocycles. The number of nitrogens with one attached hydrogen (secondary N) is 1. The van der Waals surface area contributed by atoms with Gasteiger partial charge < -0.3 is 5.32 Å². The summed E-state index contributed by atoms with van der Waals surface area (Å²) in [6.45, 7) is 0. The van der Waals surface area contributed by atoms with Crippen LogP contribution in [0.2, 0.25) is 10.0 Å². The van der Waals surface area contributed by atoms with Crippen molar-refractivity contribution in [2.75, 3.05) is 11.1 Å². The van der Waals surface area contributed by atoms with Gasteiger partial charge in [-0.1, -0.05) is 50.9 Å². The Morgan fingerprint density at radius 3 is 2.66 bits per heavy atom. The van der Waals surface area contributed by atoms with Gasteiger partial charge in [-0.05, 0) is 42.5 Å². The van der Waals surface area contributed by atoms with Gasteiger partial charge >= 0.3 is 0 Å². The van der Waals surface area contributed by atoms with Crippen molar-refractivity contribution in [3.63, 3.8) is 0 Å². The van der Waals surface area contributed by atoms with E-state index in [0.29, 0.717) is 26.4 Å². The van der Waals surface area contributed by atoms with E-state index in [4.69, 9.17) is 23.2 Å². The smallest absolute Gasteiger partial charge is 0.234 e. The third-order valence-electron chi connectivity index (χ3n) is 3.94. The van der Waals surface area contributed by atoms with Crippen molar-refractivity contribution in [3.8, 4) is 5.69 Å². The van der Waals surface area contributed by atoms with E-state index in [2.05, 4.69) is 36.3 Å². The Kier molecular flexibility index (Phi) is 6.05. The summed E-state index contributed by atoms with van der Waals surface area (Å²) in [6.07, 6.45) is 3.18. The largest absolute Gasteiger partial charge is 0.325 e. The van der Waals surface area contributed by atoms with Crippen LogP contribution in [-0.2, 0) is 4.79 Å². The van der Waals surface area contributed by atoms with Crippen LogP contribution in [0.3, 0.4) is 0 Å². The molecule has 0 aliphatic rings. The first-order chi connectivity index (χ1) is 14.0. The van der Waals surface area contributed by atoms with Crippen LogP contribution >= 0.6 is 50.9 Å². The molecule has 0 unspecified atom stereocenters. The molecule has 1 amide bonds. The number of aromatic nitrogens is 4. The van der Waals surface area contributed by atoms with Crippen LogP contribution < -0.4 is 5.32 Å². The predicted octanol–water partition coefficient (Wildman–Crippen LogP) is 5.62. The van der Waals surface area contributed by atoms with Gasteiger partial charge in [0.2, 0.25) is 5.91 Å². The SMILES string of the molecule is O=C(CSc1ncnc2c1cnn2-c1ccc(Br)cc1)Nc1ccc(Cl)c(Cl)c1. The van der Waals surface area contributed by atoms with Crippen molar-refractivity contribution >= 4 is 73.5 Å². The highest BCUT2D eigenvalue weighted by atomic mass is 79.9. The van der Waals surface area contributed by atoms with Gasteiger partial charge in [-0.2, -0.15) is 5.10 Å². The van der Waals surface area contributed by atoms with Gasteiger partial charge in [0.1, 0.15) is 11.4 Å². The Morgan fingerprint density at radius 2 is 1.90 bits per heavy atom. The van der Waals surface area contributed by atoms with Crippen LogP contribution in [0.1, 0.15) is 0 Å². The Labute approximate surface area is 188 Å². The molecule has 2 aromatic carbocycles. The number of benzene rings is 2. The zero-order valence-electron chi connectivity index (χ0n) is 14.6. The number of rotatable bonds is 5. The topological polar surface area (TPSA) is 72.7 Å². The van der Waals surface area contributed by atoms with Crippen molar-refractivity contribution in [2.24, 2.45) is 0 Å². The molecule has 0 radical (unpaired) electrons. The molecule has 1 N–H and O–H groups in total. The van der Waals surface area contributed by atoms with E-state index in [9.17, 15) is 4.79 Å². The first-order valence-electron chi connectivity index (χ1n) is 8.33. The number of fused-ring (bicyclic) bond motifs is 1. The van der Waals surface area contributed by atoms with Crippen molar-refractivity contribution in [2.45, 2.75) is 5.03 Å². The predicted molar refractivity (Wildman–Crippen MR) is 120 cm³/mol. The summed E-state index contributed by atoms with van der Waals surface area (Å²) in [6, 6.07) is 12.7. The number of nitrogens with zero attached hydrogens (tertiary/aromatic N) is 4. The molecule has 0 saturated carbocycles. The third-order valence-corrected chi connectivity index (χ3v) is 6.22. The van der Waals surface area contributed by atoms with Crippen LogP contribution in [0.4, 0.5) is 5.69 Å². The van der Waals surface area contributed by atoms with Gasteiger partial charge in [-0.3, -0.25) is 4.79 Å². The number of amides is 1. The average molecular weight is 509 g/mol. The lowest BCUT2D eigenvalue weighted by atomic mass is 10.3. The number of anilines is 1. The van der Waals surface area contributed by atoms with Gasteiger partial charge in [0.25, 0.3) is 0 Å². The van der Waals surface area contributed by atoms with Crippen LogP contribution in [0.15, 0.2) is 64.5 Å². The first kappa shape index (κ1) is 20.2. The molecular formula is C19H12BrCl2N5OS. The second-order valence-electron chi connectivity index (χ2n) is 5.91. The highest BCUT2D eigenvalue weighted by Crippen LogP contribution is 2.27. The Morgan fingerprint density at radius 1 is 1.10 bits per heavy atom. The maximum Gasteiger partial charge on any atom is 0.234 e. The zero-order valence-corrected chi connectivity index (χ0v) is 18.6. The molecule has 0 fully saturated rings. The van der Waals surface area contributed by atoms with Crippen LogP contribution in [-0.4, -0.2) is 31.4 Å². The Bertz CT molecular complexity index is 1200. The van der Waals surface area contributed by atoms with Crippen molar-refractivity contribution in [1.82, 2.24) is 19.7 Å². The highest BCUT2D eigenvalue weighted by molar-refractivity contribution is 9.10. The average Bonchev–Trinajstić information content (AvgIpc) is 3.14. The summed E-state index contributed by atoms with van der Waals surface area (Å²) in [5.74, 6) is -0.00373. The van der Waals surface area contributed by atoms with E-state index < -0.39 is 0 Å². The minimum Gasteiger partial charge on any atom is -0.325 e. The molecule has 0 atom stereocenters. The number of hydrogen-bond acceptors (Lipinski definition) is 5. The Balaban J connectivity index is 1.50. The molecule has 0 aliphatic heterocycles. The van der Waals surface area contributed by atoms with E-state index >= 15 is 0 Å². The summed E-state index contributed by atoms with van der Waals surface area (Å²) in [5.41, 5.74) is 2.14.